The van der Waals surface area contributed by atoms with E-state index >= 15 is 0 Å². The Kier molecular flexibility index (Phi) is 3.74. The third-order valence-corrected chi connectivity index (χ3v) is 4.32. The molecule has 1 aliphatic heterocycles. The summed E-state index contributed by atoms with van der Waals surface area (Å²) < 4.78 is 12.5. The molecule has 0 saturated carbocycles. The van der Waals surface area contributed by atoms with Crippen molar-refractivity contribution in [2.24, 2.45) is 0 Å². The standard InChI is InChI=1S/C16H20BrNO3/c1-16(2,3)21-15(19)18-6-7-20-13-9-10-8-11(17)4-5-12(10)14(13)18/h4-5,8,13-14H,6-7,9H2,1-3H3/t13-,14+/m1/s1. The number of rotatable bonds is 0. The highest BCUT2D eigenvalue weighted by molar-refractivity contribution is 9.10. The number of morpholine rings is 1. The summed E-state index contributed by atoms with van der Waals surface area (Å²) in [5.74, 6) is 0. The Balaban J connectivity index is 1.89. The zero-order valence-electron chi connectivity index (χ0n) is 12.6. The normalized spacial score (nSPS) is 24.5. The molecular formula is C16H20BrNO3. The Morgan fingerprint density at radius 2 is 2.19 bits per heavy atom. The monoisotopic (exact) mass is 353 g/mol. The van der Waals surface area contributed by atoms with E-state index in [-0.39, 0.29) is 18.2 Å². The summed E-state index contributed by atoms with van der Waals surface area (Å²) in [5, 5.41) is 0. The van der Waals surface area contributed by atoms with E-state index in [1.165, 1.54) is 11.1 Å². The fourth-order valence-electron chi connectivity index (χ4n) is 3.05. The highest BCUT2D eigenvalue weighted by Gasteiger charge is 2.43. The molecule has 2 atom stereocenters. The maximum atomic E-state index is 12.5. The van der Waals surface area contributed by atoms with Crippen molar-refractivity contribution in [3.8, 4) is 0 Å². The second kappa shape index (κ2) is 5.29. The Bertz CT molecular complexity index is 567. The van der Waals surface area contributed by atoms with Crippen LogP contribution >= 0.6 is 15.9 Å². The molecule has 1 aromatic rings. The van der Waals surface area contributed by atoms with Gasteiger partial charge in [0.25, 0.3) is 0 Å². The number of hydrogen-bond acceptors (Lipinski definition) is 3. The van der Waals surface area contributed by atoms with Crippen LogP contribution in [0.2, 0.25) is 0 Å². The number of hydrogen-bond donors (Lipinski definition) is 0. The van der Waals surface area contributed by atoms with Gasteiger partial charge in [0, 0.05) is 17.4 Å². The highest BCUT2D eigenvalue weighted by atomic mass is 79.9. The number of benzene rings is 1. The molecule has 1 amide bonds. The van der Waals surface area contributed by atoms with Crippen LogP contribution in [-0.4, -0.2) is 35.8 Å². The molecule has 114 valence electrons. The average molecular weight is 354 g/mol. The van der Waals surface area contributed by atoms with Crippen LogP contribution in [0.5, 0.6) is 0 Å². The van der Waals surface area contributed by atoms with Gasteiger partial charge in [-0.3, -0.25) is 4.90 Å². The number of ether oxygens (including phenoxy) is 2. The maximum absolute atomic E-state index is 12.5. The molecule has 2 aliphatic rings. The summed E-state index contributed by atoms with van der Waals surface area (Å²) in [6.07, 6.45) is 0.630. The van der Waals surface area contributed by atoms with Crippen LogP contribution in [0.3, 0.4) is 0 Å². The number of amides is 1. The Hall–Kier alpha value is -1.07. The zero-order valence-corrected chi connectivity index (χ0v) is 14.1. The van der Waals surface area contributed by atoms with E-state index in [2.05, 4.69) is 28.1 Å². The molecule has 0 spiro atoms. The number of fused-ring (bicyclic) bond motifs is 3. The molecule has 0 bridgehead atoms. The molecule has 1 aromatic carbocycles. The molecule has 0 N–H and O–H groups in total. The topological polar surface area (TPSA) is 38.8 Å². The minimum absolute atomic E-state index is 0.0308. The van der Waals surface area contributed by atoms with Gasteiger partial charge in [0.1, 0.15) is 5.60 Å². The number of carbonyl (C=O) groups excluding carboxylic acids is 1. The van der Waals surface area contributed by atoms with Crippen molar-refractivity contribution in [1.29, 1.82) is 0 Å². The van der Waals surface area contributed by atoms with Crippen LogP contribution in [0.25, 0.3) is 0 Å². The quantitative estimate of drug-likeness (QED) is 0.713. The van der Waals surface area contributed by atoms with E-state index in [1.54, 1.807) is 0 Å². The summed E-state index contributed by atoms with van der Waals surface area (Å²) in [5.41, 5.74) is 1.94. The van der Waals surface area contributed by atoms with Gasteiger partial charge >= 0.3 is 6.09 Å². The number of nitrogens with zero attached hydrogens (tertiary/aromatic N) is 1. The second-order valence-corrected chi connectivity index (χ2v) is 7.49. The molecule has 3 rings (SSSR count). The first-order valence-corrected chi connectivity index (χ1v) is 8.04. The van der Waals surface area contributed by atoms with Crippen molar-refractivity contribution < 1.29 is 14.3 Å². The molecule has 4 nitrogen and oxygen atoms in total. The van der Waals surface area contributed by atoms with Crippen LogP contribution in [0.4, 0.5) is 4.79 Å². The molecule has 1 fully saturated rings. The third-order valence-electron chi connectivity index (χ3n) is 3.82. The van der Waals surface area contributed by atoms with E-state index in [4.69, 9.17) is 9.47 Å². The minimum atomic E-state index is -0.480. The van der Waals surface area contributed by atoms with Crippen molar-refractivity contribution in [2.75, 3.05) is 13.2 Å². The maximum Gasteiger partial charge on any atom is 0.410 e. The van der Waals surface area contributed by atoms with Gasteiger partial charge in [0.15, 0.2) is 0 Å². The summed E-state index contributed by atoms with van der Waals surface area (Å²) in [6, 6.07) is 6.18. The fourth-order valence-corrected chi connectivity index (χ4v) is 3.46. The summed E-state index contributed by atoms with van der Waals surface area (Å²) in [7, 11) is 0. The van der Waals surface area contributed by atoms with Gasteiger partial charge in [0.2, 0.25) is 0 Å². The van der Waals surface area contributed by atoms with Gasteiger partial charge < -0.3 is 9.47 Å². The van der Waals surface area contributed by atoms with Gasteiger partial charge in [-0.25, -0.2) is 4.79 Å². The third kappa shape index (κ3) is 2.94. The van der Waals surface area contributed by atoms with Crippen molar-refractivity contribution >= 4 is 22.0 Å². The molecule has 0 aromatic heterocycles. The first-order valence-electron chi connectivity index (χ1n) is 7.25. The van der Waals surface area contributed by atoms with E-state index in [9.17, 15) is 4.79 Å². The molecule has 1 heterocycles. The highest BCUT2D eigenvalue weighted by Crippen LogP contribution is 2.41. The molecule has 0 radical (unpaired) electrons. The van der Waals surface area contributed by atoms with Crippen LogP contribution in [0, 0.1) is 0 Å². The molecule has 5 heteroatoms. The van der Waals surface area contributed by atoms with Crippen molar-refractivity contribution in [1.82, 2.24) is 4.90 Å². The average Bonchev–Trinajstić information content (AvgIpc) is 2.73. The van der Waals surface area contributed by atoms with Crippen molar-refractivity contribution in [2.45, 2.75) is 44.9 Å². The van der Waals surface area contributed by atoms with Gasteiger partial charge in [-0.15, -0.1) is 0 Å². The van der Waals surface area contributed by atoms with Crippen LogP contribution in [0.1, 0.15) is 37.9 Å². The van der Waals surface area contributed by atoms with E-state index in [0.29, 0.717) is 13.2 Å². The van der Waals surface area contributed by atoms with Gasteiger partial charge in [-0.05, 0) is 44.0 Å². The van der Waals surface area contributed by atoms with Crippen molar-refractivity contribution in [3.63, 3.8) is 0 Å². The first kappa shape index (κ1) is 14.9. The summed E-state index contributed by atoms with van der Waals surface area (Å²) in [6.45, 7) is 6.81. The van der Waals surface area contributed by atoms with Crippen LogP contribution in [0.15, 0.2) is 22.7 Å². The lowest BCUT2D eigenvalue weighted by Crippen LogP contribution is -2.48. The Morgan fingerprint density at radius 1 is 1.43 bits per heavy atom. The SMILES string of the molecule is CC(C)(C)OC(=O)N1CCO[C@@H]2Cc3cc(Br)ccc3[C@@H]21. The predicted octanol–water partition coefficient (Wildman–Crippen LogP) is 3.68. The largest absolute Gasteiger partial charge is 0.444 e. The van der Waals surface area contributed by atoms with Crippen LogP contribution < -0.4 is 0 Å². The molecular weight excluding hydrogens is 334 g/mol. The molecule has 1 aliphatic carbocycles. The predicted molar refractivity (Wildman–Crippen MR) is 83.3 cm³/mol. The molecule has 0 unspecified atom stereocenters. The van der Waals surface area contributed by atoms with Crippen molar-refractivity contribution in [3.05, 3.63) is 33.8 Å². The minimum Gasteiger partial charge on any atom is -0.444 e. The lowest BCUT2D eigenvalue weighted by molar-refractivity contribution is -0.0697. The number of carbonyl (C=O) groups is 1. The van der Waals surface area contributed by atoms with Gasteiger partial charge in [-0.1, -0.05) is 22.0 Å². The Morgan fingerprint density at radius 3 is 2.90 bits per heavy atom. The molecule has 21 heavy (non-hydrogen) atoms. The van der Waals surface area contributed by atoms with E-state index in [1.807, 2.05) is 31.7 Å². The second-order valence-electron chi connectivity index (χ2n) is 6.58. The Labute approximate surface area is 133 Å². The van der Waals surface area contributed by atoms with Gasteiger partial charge in [-0.2, -0.15) is 0 Å². The summed E-state index contributed by atoms with van der Waals surface area (Å²) in [4.78, 5) is 14.3. The van der Waals surface area contributed by atoms with E-state index < -0.39 is 5.60 Å². The van der Waals surface area contributed by atoms with Crippen LogP contribution in [-0.2, 0) is 15.9 Å². The van der Waals surface area contributed by atoms with E-state index in [0.717, 1.165) is 10.9 Å². The summed E-state index contributed by atoms with van der Waals surface area (Å²) >= 11 is 3.50. The smallest absolute Gasteiger partial charge is 0.410 e. The lowest BCUT2D eigenvalue weighted by atomic mass is 10.1. The van der Waals surface area contributed by atoms with Gasteiger partial charge in [0.05, 0.1) is 18.8 Å². The molecule has 1 saturated heterocycles. The number of halogens is 1. The zero-order chi connectivity index (χ0) is 15.2. The first-order chi connectivity index (χ1) is 9.85. The lowest BCUT2D eigenvalue weighted by Gasteiger charge is -2.38. The fraction of sp³-hybridized carbons (Fsp3) is 0.562.